The largest absolute Gasteiger partial charge is 0.358 e. The van der Waals surface area contributed by atoms with E-state index in [1.807, 2.05) is 28.9 Å². The van der Waals surface area contributed by atoms with Crippen LogP contribution in [0.3, 0.4) is 0 Å². The van der Waals surface area contributed by atoms with Crippen LogP contribution in [0.2, 0.25) is 0 Å². The summed E-state index contributed by atoms with van der Waals surface area (Å²) < 4.78 is 0. The fraction of sp³-hybridized carbons (Fsp3) is 0.545. The Kier molecular flexibility index (Phi) is 4.94. The van der Waals surface area contributed by atoms with E-state index >= 15 is 0 Å². The van der Waals surface area contributed by atoms with Crippen LogP contribution in [0.1, 0.15) is 53.7 Å². The maximum Gasteiger partial charge on any atom is 0.256 e. The van der Waals surface area contributed by atoms with Crippen LogP contribution in [0.15, 0.2) is 18.2 Å². The Balaban J connectivity index is 1.45. The highest BCUT2D eigenvalue weighted by atomic mass is 16.2. The molecule has 1 saturated heterocycles. The van der Waals surface area contributed by atoms with Gasteiger partial charge in [-0.15, -0.1) is 0 Å². The van der Waals surface area contributed by atoms with Gasteiger partial charge in [-0.05, 0) is 38.3 Å². The van der Waals surface area contributed by atoms with Crippen molar-refractivity contribution in [1.29, 1.82) is 0 Å². The molecule has 2 heterocycles. The van der Waals surface area contributed by atoms with Crippen molar-refractivity contribution in [2.75, 3.05) is 26.2 Å². The van der Waals surface area contributed by atoms with Crippen molar-refractivity contribution in [3.8, 4) is 0 Å². The minimum atomic E-state index is 0.0617. The number of hydrogen-bond acceptors (Lipinski definition) is 2. The molecule has 2 aromatic rings. The number of para-hydroxylation sites is 1. The second-order valence-corrected chi connectivity index (χ2v) is 8.06. The fourth-order valence-corrected chi connectivity index (χ4v) is 4.57. The number of nitrogens with one attached hydrogen (secondary N) is 1. The lowest BCUT2D eigenvalue weighted by molar-refractivity contribution is -0.138. The van der Waals surface area contributed by atoms with Crippen molar-refractivity contribution in [3.63, 3.8) is 0 Å². The first-order valence-corrected chi connectivity index (χ1v) is 10.2. The van der Waals surface area contributed by atoms with Gasteiger partial charge in [-0.1, -0.05) is 31.4 Å². The van der Waals surface area contributed by atoms with Crippen molar-refractivity contribution in [3.05, 3.63) is 35.0 Å². The number of amides is 2. The number of benzene rings is 1. The molecule has 1 N–H and O–H groups in total. The molecular weight excluding hydrogens is 338 g/mol. The maximum atomic E-state index is 13.1. The summed E-state index contributed by atoms with van der Waals surface area (Å²) in [6.45, 7) is 6.66. The number of H-pyrrole nitrogens is 1. The van der Waals surface area contributed by atoms with E-state index in [1.54, 1.807) is 0 Å². The van der Waals surface area contributed by atoms with Crippen LogP contribution in [0.25, 0.3) is 10.9 Å². The standard InChI is InChI=1S/C22H29N3O2/c1-15-16(2)23-20-18(15)9-6-10-19(20)22(27)25-13-11-24(12-14-25)21(26)17-7-4-3-5-8-17/h6,9-10,17,23H,3-5,7-8,11-14H2,1-2H3. The molecule has 1 aromatic carbocycles. The van der Waals surface area contributed by atoms with Gasteiger partial charge in [0.25, 0.3) is 5.91 Å². The molecule has 2 amide bonds. The number of aromatic nitrogens is 1. The number of carbonyl (C=O) groups is 2. The van der Waals surface area contributed by atoms with Gasteiger partial charge in [-0.3, -0.25) is 9.59 Å². The Hall–Kier alpha value is -2.30. The van der Waals surface area contributed by atoms with E-state index in [-0.39, 0.29) is 11.8 Å². The quantitative estimate of drug-likeness (QED) is 0.881. The highest BCUT2D eigenvalue weighted by Gasteiger charge is 2.30. The first kappa shape index (κ1) is 18.1. The summed E-state index contributed by atoms with van der Waals surface area (Å²) in [5.41, 5.74) is 3.96. The lowest BCUT2D eigenvalue weighted by Crippen LogP contribution is -2.52. The molecule has 1 aliphatic carbocycles. The van der Waals surface area contributed by atoms with Gasteiger partial charge in [0.2, 0.25) is 5.91 Å². The number of fused-ring (bicyclic) bond motifs is 1. The normalized spacial score (nSPS) is 18.9. The number of rotatable bonds is 2. The van der Waals surface area contributed by atoms with Crippen LogP contribution in [0.4, 0.5) is 0 Å². The van der Waals surface area contributed by atoms with E-state index in [0.29, 0.717) is 32.1 Å². The van der Waals surface area contributed by atoms with Crippen LogP contribution in [0.5, 0.6) is 0 Å². The molecule has 5 nitrogen and oxygen atoms in total. The highest BCUT2D eigenvalue weighted by Crippen LogP contribution is 2.27. The Bertz CT molecular complexity index is 856. The molecular formula is C22H29N3O2. The van der Waals surface area contributed by atoms with E-state index in [9.17, 15) is 9.59 Å². The average Bonchev–Trinajstić information content (AvgIpc) is 3.02. The van der Waals surface area contributed by atoms with E-state index in [1.165, 1.54) is 24.8 Å². The van der Waals surface area contributed by atoms with E-state index in [0.717, 1.165) is 35.0 Å². The maximum absolute atomic E-state index is 13.1. The van der Waals surface area contributed by atoms with Gasteiger partial charge >= 0.3 is 0 Å². The average molecular weight is 367 g/mol. The number of aryl methyl sites for hydroxylation is 2. The first-order chi connectivity index (χ1) is 13.1. The third-order valence-corrected chi connectivity index (χ3v) is 6.41. The number of piperazine rings is 1. The second-order valence-electron chi connectivity index (χ2n) is 8.06. The molecule has 1 aromatic heterocycles. The van der Waals surface area contributed by atoms with E-state index in [2.05, 4.69) is 18.0 Å². The summed E-state index contributed by atoms with van der Waals surface area (Å²) in [6.07, 6.45) is 5.67. The van der Waals surface area contributed by atoms with Gasteiger partial charge in [0.05, 0.1) is 11.1 Å². The van der Waals surface area contributed by atoms with Crippen LogP contribution in [-0.2, 0) is 4.79 Å². The minimum Gasteiger partial charge on any atom is -0.358 e. The molecule has 2 aliphatic rings. The predicted molar refractivity (Wildman–Crippen MR) is 107 cm³/mol. The molecule has 0 bridgehead atoms. The molecule has 144 valence electrons. The van der Waals surface area contributed by atoms with Gasteiger partial charge < -0.3 is 14.8 Å². The lowest BCUT2D eigenvalue weighted by Gasteiger charge is -2.37. The monoisotopic (exact) mass is 367 g/mol. The van der Waals surface area contributed by atoms with Gasteiger partial charge in [0.1, 0.15) is 0 Å². The minimum absolute atomic E-state index is 0.0617. The molecule has 1 aliphatic heterocycles. The van der Waals surface area contributed by atoms with Crippen LogP contribution >= 0.6 is 0 Å². The summed E-state index contributed by atoms with van der Waals surface area (Å²) >= 11 is 0. The molecule has 0 radical (unpaired) electrons. The van der Waals surface area contributed by atoms with Crippen LogP contribution in [-0.4, -0.2) is 52.8 Å². The van der Waals surface area contributed by atoms with Gasteiger partial charge in [-0.25, -0.2) is 0 Å². The van der Waals surface area contributed by atoms with Crippen LogP contribution < -0.4 is 0 Å². The summed E-state index contributed by atoms with van der Waals surface area (Å²) in [5, 5.41) is 1.12. The second kappa shape index (κ2) is 7.37. The van der Waals surface area contributed by atoms with Gasteiger partial charge in [-0.2, -0.15) is 0 Å². The number of hydrogen-bond donors (Lipinski definition) is 1. The zero-order valence-corrected chi connectivity index (χ0v) is 16.4. The van der Waals surface area contributed by atoms with Crippen LogP contribution in [0, 0.1) is 19.8 Å². The topological polar surface area (TPSA) is 56.4 Å². The van der Waals surface area contributed by atoms with Crippen molar-refractivity contribution >= 4 is 22.7 Å². The lowest BCUT2D eigenvalue weighted by atomic mass is 9.88. The molecule has 5 heteroatoms. The van der Waals surface area contributed by atoms with Crippen molar-refractivity contribution in [1.82, 2.24) is 14.8 Å². The number of carbonyl (C=O) groups excluding carboxylic acids is 2. The van der Waals surface area contributed by atoms with Crippen molar-refractivity contribution in [2.24, 2.45) is 5.92 Å². The third-order valence-electron chi connectivity index (χ3n) is 6.41. The molecule has 4 rings (SSSR count). The smallest absolute Gasteiger partial charge is 0.256 e. The Morgan fingerprint density at radius 1 is 0.963 bits per heavy atom. The molecule has 0 unspecified atom stereocenters. The molecule has 0 atom stereocenters. The summed E-state index contributed by atoms with van der Waals surface area (Å²) in [7, 11) is 0. The van der Waals surface area contributed by atoms with E-state index in [4.69, 9.17) is 0 Å². The Morgan fingerprint density at radius 3 is 2.33 bits per heavy atom. The van der Waals surface area contributed by atoms with E-state index < -0.39 is 0 Å². The van der Waals surface area contributed by atoms with Crippen molar-refractivity contribution < 1.29 is 9.59 Å². The molecule has 27 heavy (non-hydrogen) atoms. The Morgan fingerprint density at radius 2 is 1.63 bits per heavy atom. The Labute approximate surface area is 160 Å². The number of nitrogens with zero attached hydrogens (tertiary/aromatic N) is 2. The molecule has 1 saturated carbocycles. The number of aromatic amines is 1. The summed E-state index contributed by atoms with van der Waals surface area (Å²) in [4.78, 5) is 33.1. The zero-order valence-electron chi connectivity index (χ0n) is 16.4. The molecule has 0 spiro atoms. The van der Waals surface area contributed by atoms with Gasteiger partial charge in [0.15, 0.2) is 0 Å². The third kappa shape index (κ3) is 3.35. The van der Waals surface area contributed by atoms with Crippen molar-refractivity contribution in [2.45, 2.75) is 46.0 Å². The zero-order chi connectivity index (χ0) is 19.0. The fourth-order valence-electron chi connectivity index (χ4n) is 4.57. The molecule has 2 fully saturated rings. The predicted octanol–water partition coefficient (Wildman–Crippen LogP) is 3.65. The highest BCUT2D eigenvalue weighted by molar-refractivity contribution is 6.06. The SMILES string of the molecule is Cc1[nH]c2c(C(=O)N3CCN(C(=O)C4CCCCC4)CC3)cccc2c1C. The van der Waals surface area contributed by atoms with Gasteiger partial charge in [0, 0.05) is 43.2 Å². The summed E-state index contributed by atoms with van der Waals surface area (Å²) in [5.74, 6) is 0.575. The first-order valence-electron chi connectivity index (χ1n) is 10.2. The summed E-state index contributed by atoms with van der Waals surface area (Å²) in [6, 6.07) is 5.92.